The Bertz CT molecular complexity index is 1050. The van der Waals surface area contributed by atoms with Crippen molar-refractivity contribution in [1.29, 1.82) is 0 Å². The van der Waals surface area contributed by atoms with Crippen LogP contribution in [0.4, 0.5) is 0 Å². The van der Waals surface area contributed by atoms with Crippen molar-refractivity contribution in [2.75, 3.05) is 19.6 Å². The molecule has 0 aromatic heterocycles. The van der Waals surface area contributed by atoms with Crippen LogP contribution in [0.15, 0.2) is 71.7 Å². The molecule has 0 spiro atoms. The van der Waals surface area contributed by atoms with Crippen LogP contribution in [0.1, 0.15) is 24.0 Å². The summed E-state index contributed by atoms with van der Waals surface area (Å²) >= 11 is 12.1. The van der Waals surface area contributed by atoms with Crippen molar-refractivity contribution >= 4 is 29.5 Å². The molecule has 4 nitrogen and oxygen atoms in total. The first-order chi connectivity index (χ1) is 15.1. The van der Waals surface area contributed by atoms with Crippen LogP contribution in [-0.4, -0.2) is 30.9 Å². The topological polar surface area (TPSA) is 34.1 Å². The van der Waals surface area contributed by atoms with E-state index in [1.54, 1.807) is 12.1 Å². The molecule has 1 heterocycles. The van der Waals surface area contributed by atoms with E-state index in [0.717, 1.165) is 30.9 Å². The molecule has 31 heavy (non-hydrogen) atoms. The van der Waals surface area contributed by atoms with Gasteiger partial charge in [0, 0.05) is 13.1 Å². The molecule has 0 saturated heterocycles. The normalized spacial score (nSPS) is 14.0. The highest BCUT2D eigenvalue weighted by atomic mass is 35.5. The lowest BCUT2D eigenvalue weighted by molar-refractivity contribution is 0.291. The number of benzene rings is 3. The highest BCUT2D eigenvalue weighted by molar-refractivity contribution is 6.42. The molecule has 1 unspecified atom stereocenters. The maximum Gasteiger partial charge on any atom is 0.169 e. The zero-order chi connectivity index (χ0) is 21.6. The zero-order valence-electron chi connectivity index (χ0n) is 17.3. The van der Waals surface area contributed by atoms with Crippen molar-refractivity contribution < 1.29 is 9.47 Å². The van der Waals surface area contributed by atoms with Gasteiger partial charge in [-0.25, -0.2) is 0 Å². The number of halogens is 2. The molecule has 1 aliphatic heterocycles. The highest BCUT2D eigenvalue weighted by Gasteiger charge is 2.13. The van der Waals surface area contributed by atoms with Crippen LogP contribution in [0.5, 0.6) is 17.2 Å². The summed E-state index contributed by atoms with van der Waals surface area (Å²) in [7, 11) is 0. The molecule has 0 N–H and O–H groups in total. The van der Waals surface area contributed by atoms with Gasteiger partial charge in [0.25, 0.3) is 0 Å². The van der Waals surface area contributed by atoms with Crippen molar-refractivity contribution in [3.63, 3.8) is 0 Å². The van der Waals surface area contributed by atoms with Crippen molar-refractivity contribution in [3.8, 4) is 17.2 Å². The monoisotopic (exact) mass is 454 g/mol. The van der Waals surface area contributed by atoms with E-state index < -0.39 is 0 Å². The van der Waals surface area contributed by atoms with E-state index in [1.807, 2.05) is 48.8 Å². The van der Waals surface area contributed by atoms with Gasteiger partial charge in [-0.15, -0.1) is 0 Å². The molecule has 3 aromatic rings. The molecule has 3 aromatic carbocycles. The van der Waals surface area contributed by atoms with Crippen LogP contribution in [0, 0.1) is 0 Å². The molecule has 1 atom stereocenters. The Balaban J connectivity index is 1.39. The average molecular weight is 455 g/mol. The quantitative estimate of drug-likeness (QED) is 0.374. The van der Waals surface area contributed by atoms with Crippen molar-refractivity contribution in [1.82, 2.24) is 4.90 Å². The fourth-order valence-corrected chi connectivity index (χ4v) is 3.77. The molecule has 0 fully saturated rings. The minimum atomic E-state index is 0.369. The zero-order valence-corrected chi connectivity index (χ0v) is 18.8. The first-order valence-corrected chi connectivity index (χ1v) is 11.0. The maximum absolute atomic E-state index is 6.11. The Morgan fingerprint density at radius 2 is 1.74 bits per heavy atom. The first kappa shape index (κ1) is 21.5. The van der Waals surface area contributed by atoms with Gasteiger partial charge in [0.1, 0.15) is 12.4 Å². The summed E-state index contributed by atoms with van der Waals surface area (Å²) in [6, 6.07) is 21.3. The van der Waals surface area contributed by atoms with Gasteiger partial charge in [0.05, 0.1) is 22.9 Å². The summed E-state index contributed by atoms with van der Waals surface area (Å²) in [6.45, 7) is 5.47. The largest absolute Gasteiger partial charge is 0.485 e. The van der Waals surface area contributed by atoms with E-state index in [2.05, 4.69) is 28.9 Å². The maximum atomic E-state index is 6.11. The second-order valence-corrected chi connectivity index (χ2v) is 8.39. The summed E-state index contributed by atoms with van der Waals surface area (Å²) in [5.74, 6) is 2.51. The molecule has 0 saturated carbocycles. The Labute approximate surface area is 193 Å². The molecule has 0 amide bonds. The van der Waals surface area contributed by atoms with E-state index in [0.29, 0.717) is 34.1 Å². The molecular weight excluding hydrogens is 431 g/mol. The van der Waals surface area contributed by atoms with E-state index in [-0.39, 0.29) is 0 Å². The number of hydrogen-bond acceptors (Lipinski definition) is 4. The molecule has 0 radical (unpaired) electrons. The van der Waals surface area contributed by atoms with E-state index in [1.165, 1.54) is 5.56 Å². The van der Waals surface area contributed by atoms with Gasteiger partial charge in [0.2, 0.25) is 0 Å². The molecule has 1 aliphatic rings. The minimum absolute atomic E-state index is 0.369. The van der Waals surface area contributed by atoms with Crippen LogP contribution in [0.25, 0.3) is 0 Å². The molecule has 0 bridgehead atoms. The van der Waals surface area contributed by atoms with Gasteiger partial charge in [-0.1, -0.05) is 60.5 Å². The lowest BCUT2D eigenvalue weighted by Gasteiger charge is -2.20. The highest BCUT2D eigenvalue weighted by Crippen LogP contribution is 2.33. The Morgan fingerprint density at radius 1 is 0.968 bits per heavy atom. The number of aliphatic imine (C=N–C) groups is 1. The number of para-hydroxylation sites is 2. The molecule has 4 rings (SSSR count). The van der Waals surface area contributed by atoms with Crippen molar-refractivity contribution in [2.24, 2.45) is 4.99 Å². The third-order valence-corrected chi connectivity index (χ3v) is 5.91. The Morgan fingerprint density at radius 3 is 2.45 bits per heavy atom. The molecular formula is C25H24Cl2N2O2. The van der Waals surface area contributed by atoms with E-state index in [9.17, 15) is 0 Å². The minimum Gasteiger partial charge on any atom is -0.485 e. The summed E-state index contributed by atoms with van der Waals surface area (Å²) in [6.07, 6.45) is 1.95. The third kappa shape index (κ3) is 5.72. The second kappa shape index (κ2) is 10.1. The summed E-state index contributed by atoms with van der Waals surface area (Å²) < 4.78 is 12.1. The van der Waals surface area contributed by atoms with Gasteiger partial charge < -0.3 is 14.4 Å². The average Bonchev–Trinajstić information content (AvgIpc) is 3.29. The van der Waals surface area contributed by atoms with Crippen LogP contribution >= 0.6 is 23.2 Å². The molecule has 6 heteroatoms. The molecule has 160 valence electrons. The predicted molar refractivity (Wildman–Crippen MR) is 127 cm³/mol. The van der Waals surface area contributed by atoms with Crippen molar-refractivity contribution in [3.05, 3.63) is 87.9 Å². The lowest BCUT2D eigenvalue weighted by Crippen LogP contribution is -2.24. The van der Waals surface area contributed by atoms with Gasteiger partial charge >= 0.3 is 0 Å². The SMILES string of the molecule is CC(CN1C=NCC1)c1ccc(Oc2ccccc2OCc2ccc(Cl)c(Cl)c2)cc1. The number of ether oxygens (including phenoxy) is 2. The standard InChI is InChI=1S/C25H24Cl2N2O2/c1-18(15-29-13-12-28-17-29)20-7-9-21(10-8-20)31-25-5-3-2-4-24(25)30-16-19-6-11-22(26)23(27)14-19/h2-11,14,17-18H,12-13,15-16H2,1H3. The number of hydrogen-bond donors (Lipinski definition) is 0. The van der Waals surface area contributed by atoms with Gasteiger partial charge in [-0.2, -0.15) is 0 Å². The fraction of sp³-hybridized carbons (Fsp3) is 0.240. The van der Waals surface area contributed by atoms with Crippen LogP contribution < -0.4 is 9.47 Å². The lowest BCUT2D eigenvalue weighted by atomic mass is 10.0. The molecule has 0 aliphatic carbocycles. The van der Waals surface area contributed by atoms with E-state index in [4.69, 9.17) is 32.7 Å². The first-order valence-electron chi connectivity index (χ1n) is 10.3. The third-order valence-electron chi connectivity index (χ3n) is 5.17. The smallest absolute Gasteiger partial charge is 0.169 e. The second-order valence-electron chi connectivity index (χ2n) is 7.57. The summed E-state index contributed by atoms with van der Waals surface area (Å²) in [5.41, 5.74) is 2.21. The van der Waals surface area contributed by atoms with Crippen molar-refractivity contribution in [2.45, 2.75) is 19.4 Å². The Hall–Kier alpha value is -2.69. The van der Waals surface area contributed by atoms with Crippen LogP contribution in [-0.2, 0) is 6.61 Å². The van der Waals surface area contributed by atoms with Gasteiger partial charge in [-0.3, -0.25) is 4.99 Å². The Kier molecular flexibility index (Phi) is 7.00. The predicted octanol–water partition coefficient (Wildman–Crippen LogP) is 6.81. The van der Waals surface area contributed by atoms with E-state index >= 15 is 0 Å². The van der Waals surface area contributed by atoms with Crippen LogP contribution in [0.2, 0.25) is 10.0 Å². The number of rotatable bonds is 8. The fourth-order valence-electron chi connectivity index (χ4n) is 3.45. The number of nitrogens with zero attached hydrogens (tertiary/aromatic N) is 2. The van der Waals surface area contributed by atoms with Gasteiger partial charge in [0.15, 0.2) is 11.5 Å². The summed E-state index contributed by atoms with van der Waals surface area (Å²) in [4.78, 5) is 6.54. The van der Waals surface area contributed by atoms with Crippen LogP contribution in [0.3, 0.4) is 0 Å². The summed E-state index contributed by atoms with van der Waals surface area (Å²) in [5, 5.41) is 1.04. The van der Waals surface area contributed by atoms with Gasteiger partial charge in [-0.05, 0) is 53.4 Å².